The first kappa shape index (κ1) is 40.5. The molecule has 0 bridgehead atoms. The molecule has 1 fully saturated rings. The number of carbonyl (C=O) groups excluding carboxylic acids is 1. The van der Waals surface area contributed by atoms with Crippen molar-refractivity contribution in [3.8, 4) is 17.2 Å². The Hall–Kier alpha value is -2.93. The minimum Gasteiger partial charge on any atom is -0.507 e. The summed E-state index contributed by atoms with van der Waals surface area (Å²) in [5.74, 6) is 0.571. The molecular formula is C42H64N2O4Si. The highest BCUT2D eigenvalue weighted by atomic mass is 28.2. The molecule has 7 heteroatoms. The molecule has 2 atom stereocenters. The van der Waals surface area contributed by atoms with Crippen molar-refractivity contribution >= 4 is 27.9 Å². The van der Waals surface area contributed by atoms with Gasteiger partial charge in [-0.05, 0) is 78.5 Å². The highest BCUT2D eigenvalue weighted by Crippen LogP contribution is 2.41. The number of hydrogen-bond donors (Lipinski definition) is 2. The molecule has 1 aliphatic rings. The van der Waals surface area contributed by atoms with Crippen LogP contribution >= 0.6 is 0 Å². The van der Waals surface area contributed by atoms with E-state index in [0.717, 1.165) is 64.4 Å². The van der Waals surface area contributed by atoms with Crippen molar-refractivity contribution < 1.29 is 19.7 Å². The van der Waals surface area contributed by atoms with Gasteiger partial charge in [-0.3, -0.25) is 14.8 Å². The molecule has 2 aromatic carbocycles. The van der Waals surface area contributed by atoms with Gasteiger partial charge in [-0.15, -0.1) is 0 Å². The van der Waals surface area contributed by atoms with Crippen LogP contribution in [0.5, 0.6) is 17.2 Å². The van der Waals surface area contributed by atoms with Gasteiger partial charge in [0.15, 0.2) is 0 Å². The molecule has 0 amide bonds. The monoisotopic (exact) mass is 688 g/mol. The maximum absolute atomic E-state index is 13.5. The molecule has 0 heterocycles. The topological polar surface area (TPSA) is 91.5 Å². The standard InChI is InChI=1S/C42H64N2O4Si/c1-38(2,3)29-19-27(35(45)31(21-29)39(4,5)6)23-43-33-17-15-16-18-34(33)44-24-28-20-30(22-32(36(28)46)40(7,8)9)48-37(47)42(12,13)25-41(10,11)26-49-14/h19-24,33-34,45-46H,15-18,25-26H2,1-14H3. The molecule has 6 nitrogen and oxygen atoms in total. The predicted octanol–water partition coefficient (Wildman–Crippen LogP) is 10.4. The molecule has 270 valence electrons. The van der Waals surface area contributed by atoms with Crippen molar-refractivity contribution in [2.75, 3.05) is 0 Å². The predicted molar refractivity (Wildman–Crippen MR) is 208 cm³/mol. The number of benzene rings is 2. The molecule has 2 aromatic rings. The van der Waals surface area contributed by atoms with Crippen LogP contribution in [0.2, 0.25) is 12.6 Å². The third kappa shape index (κ3) is 10.8. The molecule has 2 radical (unpaired) electrons. The highest BCUT2D eigenvalue weighted by molar-refractivity contribution is 6.33. The summed E-state index contributed by atoms with van der Waals surface area (Å²) in [5.41, 5.74) is 2.71. The Bertz CT molecular complexity index is 1530. The molecule has 2 unspecified atom stereocenters. The van der Waals surface area contributed by atoms with E-state index in [1.54, 1.807) is 18.3 Å². The summed E-state index contributed by atoms with van der Waals surface area (Å²) in [6.07, 6.45) is 8.16. The first-order valence-corrected chi connectivity index (χ1v) is 19.8. The molecule has 0 aliphatic heterocycles. The summed E-state index contributed by atoms with van der Waals surface area (Å²) in [7, 11) is 0.822. The largest absolute Gasteiger partial charge is 0.507 e. The fourth-order valence-corrected chi connectivity index (χ4v) is 8.05. The molecule has 3 rings (SSSR count). The summed E-state index contributed by atoms with van der Waals surface area (Å²) in [6, 6.07) is 8.62. The normalized spacial score (nSPS) is 18.4. The van der Waals surface area contributed by atoms with E-state index in [2.05, 4.69) is 74.1 Å². The number of hydrogen-bond acceptors (Lipinski definition) is 6. The Morgan fingerprint density at radius 2 is 1.22 bits per heavy atom. The number of carbonyl (C=O) groups is 1. The zero-order valence-electron chi connectivity index (χ0n) is 33.0. The lowest BCUT2D eigenvalue weighted by atomic mass is 9.76. The highest BCUT2D eigenvalue weighted by Gasteiger charge is 2.36. The average molecular weight is 689 g/mol. The van der Waals surface area contributed by atoms with Gasteiger partial charge in [0.1, 0.15) is 17.2 Å². The van der Waals surface area contributed by atoms with E-state index in [0.29, 0.717) is 16.9 Å². The van der Waals surface area contributed by atoms with Crippen LogP contribution in [0.4, 0.5) is 0 Å². The van der Waals surface area contributed by atoms with Crippen LogP contribution in [0.15, 0.2) is 34.3 Å². The maximum atomic E-state index is 13.5. The van der Waals surface area contributed by atoms with E-state index in [9.17, 15) is 15.0 Å². The van der Waals surface area contributed by atoms with Crippen molar-refractivity contribution in [1.82, 2.24) is 0 Å². The fraction of sp³-hybridized carbons (Fsp3) is 0.643. The minimum atomic E-state index is -0.668. The lowest BCUT2D eigenvalue weighted by Gasteiger charge is -2.33. The second-order valence-corrected chi connectivity index (χ2v) is 19.8. The number of esters is 1. The Labute approximate surface area is 300 Å². The van der Waals surface area contributed by atoms with E-state index < -0.39 is 5.41 Å². The van der Waals surface area contributed by atoms with Crippen LogP contribution in [-0.2, 0) is 21.0 Å². The molecule has 1 saturated carbocycles. The number of aromatic hydroxyl groups is 2. The number of rotatable bonds is 10. The van der Waals surface area contributed by atoms with E-state index in [-0.39, 0.29) is 51.2 Å². The third-order valence-electron chi connectivity index (χ3n) is 9.58. The van der Waals surface area contributed by atoms with Gasteiger partial charge in [0.25, 0.3) is 0 Å². The third-order valence-corrected chi connectivity index (χ3v) is 10.9. The number of aliphatic imine (C=N–C) groups is 2. The first-order valence-electron chi connectivity index (χ1n) is 18.0. The van der Waals surface area contributed by atoms with Crippen molar-refractivity contribution in [2.24, 2.45) is 20.8 Å². The van der Waals surface area contributed by atoms with Crippen molar-refractivity contribution in [3.63, 3.8) is 0 Å². The maximum Gasteiger partial charge on any atom is 0.316 e. The first-order chi connectivity index (χ1) is 22.4. The Kier molecular flexibility index (Phi) is 12.5. The summed E-state index contributed by atoms with van der Waals surface area (Å²) in [5, 5.41) is 22.7. The van der Waals surface area contributed by atoms with Gasteiger partial charge < -0.3 is 14.9 Å². The second-order valence-electron chi connectivity index (χ2n) is 18.7. The van der Waals surface area contributed by atoms with Gasteiger partial charge in [-0.25, -0.2) is 0 Å². The van der Waals surface area contributed by atoms with Gasteiger partial charge in [0.05, 0.1) is 17.5 Å². The minimum absolute atomic E-state index is 0.0289. The fourth-order valence-electron chi connectivity index (χ4n) is 6.96. The molecular weight excluding hydrogens is 625 g/mol. The van der Waals surface area contributed by atoms with Crippen molar-refractivity contribution in [2.45, 2.75) is 163 Å². The van der Waals surface area contributed by atoms with Crippen LogP contribution in [0.1, 0.15) is 150 Å². The van der Waals surface area contributed by atoms with E-state index >= 15 is 0 Å². The van der Waals surface area contributed by atoms with Crippen molar-refractivity contribution in [1.29, 1.82) is 0 Å². The molecule has 0 spiro atoms. The quantitative estimate of drug-likeness (QED) is 0.112. The summed E-state index contributed by atoms with van der Waals surface area (Å²) >= 11 is 0. The molecule has 2 N–H and O–H groups in total. The zero-order chi connectivity index (χ0) is 37.2. The lowest BCUT2D eigenvalue weighted by molar-refractivity contribution is -0.145. The Morgan fingerprint density at radius 1 is 0.755 bits per heavy atom. The zero-order valence-corrected chi connectivity index (χ0v) is 34.0. The lowest BCUT2D eigenvalue weighted by Crippen LogP contribution is -2.34. The van der Waals surface area contributed by atoms with Gasteiger partial charge >= 0.3 is 5.97 Å². The number of nitrogens with zero attached hydrogens (tertiary/aromatic N) is 2. The Balaban J connectivity index is 1.97. The molecule has 49 heavy (non-hydrogen) atoms. The van der Waals surface area contributed by atoms with Crippen LogP contribution in [-0.4, -0.2) is 50.2 Å². The average Bonchev–Trinajstić information content (AvgIpc) is 2.94. The number of phenolic OH excluding ortho intramolecular Hbond substituents is 2. The molecule has 0 aromatic heterocycles. The SMILES string of the molecule is C[Si]CC(C)(C)CC(C)(C)C(=O)Oc1cc(C=NC2CCCCC2N=Cc2cc(C(C)(C)C)cc(C(C)(C)C)c2O)c(O)c(C(C)(C)C)c1. The van der Waals surface area contributed by atoms with Gasteiger partial charge in [0.2, 0.25) is 0 Å². The van der Waals surface area contributed by atoms with Gasteiger partial charge in [-0.2, -0.15) is 0 Å². The van der Waals surface area contributed by atoms with Crippen LogP contribution < -0.4 is 4.74 Å². The summed E-state index contributed by atoms with van der Waals surface area (Å²) < 4.78 is 6.06. The van der Waals surface area contributed by atoms with Gasteiger partial charge in [0, 0.05) is 44.2 Å². The van der Waals surface area contributed by atoms with Gasteiger partial charge in [-0.1, -0.05) is 108 Å². The van der Waals surface area contributed by atoms with E-state index in [1.165, 1.54) is 0 Å². The Morgan fingerprint density at radius 3 is 1.67 bits per heavy atom. The van der Waals surface area contributed by atoms with Crippen LogP contribution in [0.3, 0.4) is 0 Å². The summed E-state index contributed by atoms with van der Waals surface area (Å²) in [6.45, 7) is 29.5. The van der Waals surface area contributed by atoms with E-state index in [1.807, 2.05) is 40.8 Å². The second kappa shape index (κ2) is 15.1. The van der Waals surface area contributed by atoms with Crippen LogP contribution in [0, 0.1) is 10.8 Å². The number of ether oxygens (including phenoxy) is 1. The summed E-state index contributed by atoms with van der Waals surface area (Å²) in [4.78, 5) is 23.6. The van der Waals surface area contributed by atoms with E-state index in [4.69, 9.17) is 14.7 Å². The smallest absolute Gasteiger partial charge is 0.316 e. The van der Waals surface area contributed by atoms with Crippen molar-refractivity contribution in [3.05, 3.63) is 52.1 Å². The molecule has 0 saturated heterocycles. The molecule has 1 aliphatic carbocycles. The number of phenols is 2. The van der Waals surface area contributed by atoms with Crippen LogP contribution in [0.25, 0.3) is 0 Å².